The van der Waals surface area contributed by atoms with E-state index in [1.807, 2.05) is 0 Å². The fourth-order valence-corrected chi connectivity index (χ4v) is 2.15. The lowest BCUT2D eigenvalue weighted by molar-refractivity contribution is 0.834. The lowest BCUT2D eigenvalue weighted by Crippen LogP contribution is -2.02. The summed E-state index contributed by atoms with van der Waals surface area (Å²) >= 11 is 0. The van der Waals surface area contributed by atoms with Crippen molar-refractivity contribution < 1.29 is 0 Å². The molecule has 0 saturated heterocycles. The molecular weight excluding hydrogens is 218 g/mol. The van der Waals surface area contributed by atoms with Gasteiger partial charge in [0.05, 0.1) is 0 Å². The molecular formula is C17H21N. The van der Waals surface area contributed by atoms with Crippen molar-refractivity contribution in [2.75, 3.05) is 11.9 Å². The smallest absolute Gasteiger partial charge is 0.0419 e. The zero-order valence-electron chi connectivity index (χ0n) is 11.2. The second-order valence-corrected chi connectivity index (χ2v) is 4.64. The first-order valence-electron chi connectivity index (χ1n) is 6.72. The largest absolute Gasteiger partial charge is 0.385 e. The molecule has 0 amide bonds. The van der Waals surface area contributed by atoms with Gasteiger partial charge in [-0.1, -0.05) is 55.8 Å². The van der Waals surface area contributed by atoms with Crippen LogP contribution in [0.5, 0.6) is 0 Å². The predicted molar refractivity (Wildman–Crippen MR) is 80.0 cm³/mol. The summed E-state index contributed by atoms with van der Waals surface area (Å²) in [5.74, 6) is 0. The molecule has 0 atom stereocenters. The third-order valence-electron chi connectivity index (χ3n) is 3.21. The molecule has 18 heavy (non-hydrogen) atoms. The van der Waals surface area contributed by atoms with Crippen LogP contribution in [0.15, 0.2) is 48.5 Å². The number of aryl methyl sites for hydroxylation is 1. The third-order valence-corrected chi connectivity index (χ3v) is 3.21. The van der Waals surface area contributed by atoms with Gasteiger partial charge in [-0.3, -0.25) is 0 Å². The Morgan fingerprint density at radius 1 is 0.889 bits per heavy atom. The van der Waals surface area contributed by atoms with E-state index in [4.69, 9.17) is 0 Å². The maximum atomic E-state index is 3.54. The summed E-state index contributed by atoms with van der Waals surface area (Å²) < 4.78 is 0. The summed E-state index contributed by atoms with van der Waals surface area (Å²) in [7, 11) is 0. The highest BCUT2D eigenvalue weighted by molar-refractivity contribution is 5.79. The summed E-state index contributed by atoms with van der Waals surface area (Å²) in [6, 6.07) is 17.1. The summed E-state index contributed by atoms with van der Waals surface area (Å²) in [4.78, 5) is 0. The second kappa shape index (κ2) is 6.25. The summed E-state index contributed by atoms with van der Waals surface area (Å²) in [6.45, 7) is 5.42. The van der Waals surface area contributed by atoms with Crippen molar-refractivity contribution in [2.45, 2.75) is 26.7 Å². The van der Waals surface area contributed by atoms with Crippen LogP contribution in [0.4, 0.5) is 5.69 Å². The van der Waals surface area contributed by atoms with Crippen molar-refractivity contribution in [3.63, 3.8) is 0 Å². The number of anilines is 1. The Hall–Kier alpha value is -1.76. The Morgan fingerprint density at radius 3 is 2.28 bits per heavy atom. The Bertz CT molecular complexity index is 502. The molecule has 0 bridgehead atoms. The van der Waals surface area contributed by atoms with E-state index in [0.29, 0.717) is 0 Å². The maximum absolute atomic E-state index is 3.54. The number of hydrogen-bond donors (Lipinski definition) is 1. The van der Waals surface area contributed by atoms with Crippen LogP contribution in [0.3, 0.4) is 0 Å². The molecule has 2 aromatic rings. The molecule has 94 valence electrons. The van der Waals surface area contributed by atoms with Gasteiger partial charge in [0.2, 0.25) is 0 Å². The number of rotatable bonds is 5. The van der Waals surface area contributed by atoms with Gasteiger partial charge in [0.1, 0.15) is 0 Å². The molecule has 0 fully saturated rings. The molecule has 0 radical (unpaired) electrons. The van der Waals surface area contributed by atoms with Crippen molar-refractivity contribution in [1.29, 1.82) is 0 Å². The Morgan fingerprint density at radius 2 is 1.56 bits per heavy atom. The zero-order chi connectivity index (χ0) is 12.8. The molecule has 0 spiro atoms. The molecule has 2 rings (SSSR count). The van der Waals surface area contributed by atoms with Gasteiger partial charge in [-0.05, 0) is 30.5 Å². The quantitative estimate of drug-likeness (QED) is 0.734. The second-order valence-electron chi connectivity index (χ2n) is 4.64. The van der Waals surface area contributed by atoms with Gasteiger partial charge in [0.15, 0.2) is 0 Å². The molecule has 1 heteroatoms. The average molecular weight is 239 g/mol. The zero-order valence-corrected chi connectivity index (χ0v) is 11.2. The Kier molecular flexibility index (Phi) is 4.40. The lowest BCUT2D eigenvalue weighted by Gasteiger charge is -2.13. The summed E-state index contributed by atoms with van der Waals surface area (Å²) in [6.07, 6.45) is 2.43. The highest BCUT2D eigenvalue weighted by Crippen LogP contribution is 2.30. The lowest BCUT2D eigenvalue weighted by atomic mass is 9.99. The number of para-hydroxylation sites is 1. The minimum Gasteiger partial charge on any atom is -0.385 e. The molecule has 0 unspecified atom stereocenters. The van der Waals surface area contributed by atoms with Crippen molar-refractivity contribution in [2.24, 2.45) is 0 Å². The van der Waals surface area contributed by atoms with Crippen molar-refractivity contribution >= 4 is 5.69 Å². The molecule has 0 aliphatic heterocycles. The molecule has 0 aromatic heterocycles. The monoisotopic (exact) mass is 239 g/mol. The number of nitrogens with one attached hydrogen (secondary N) is 1. The van der Waals surface area contributed by atoms with Crippen LogP contribution < -0.4 is 5.32 Å². The Labute approximate surface area is 110 Å². The molecule has 0 aliphatic carbocycles. The van der Waals surface area contributed by atoms with Gasteiger partial charge in [-0.15, -0.1) is 0 Å². The number of unbranched alkanes of at least 4 members (excludes halogenated alkanes) is 1. The maximum Gasteiger partial charge on any atom is 0.0419 e. The van der Waals surface area contributed by atoms with Gasteiger partial charge in [-0.2, -0.15) is 0 Å². The van der Waals surface area contributed by atoms with E-state index in [1.165, 1.54) is 35.2 Å². The Balaban J connectivity index is 2.30. The first kappa shape index (κ1) is 12.7. The predicted octanol–water partition coefficient (Wildman–Crippen LogP) is 4.87. The summed E-state index contributed by atoms with van der Waals surface area (Å²) in [5, 5.41) is 3.54. The van der Waals surface area contributed by atoms with Crippen LogP contribution in [-0.2, 0) is 0 Å². The highest BCUT2D eigenvalue weighted by atomic mass is 14.9. The van der Waals surface area contributed by atoms with E-state index in [1.54, 1.807) is 0 Å². The molecule has 1 N–H and O–H groups in total. The van der Waals surface area contributed by atoms with Crippen LogP contribution in [0.25, 0.3) is 11.1 Å². The fourth-order valence-electron chi connectivity index (χ4n) is 2.15. The van der Waals surface area contributed by atoms with Gasteiger partial charge in [-0.25, -0.2) is 0 Å². The fraction of sp³-hybridized carbons (Fsp3) is 0.294. The van der Waals surface area contributed by atoms with Crippen molar-refractivity contribution in [3.05, 3.63) is 54.1 Å². The molecule has 0 aliphatic rings. The SMILES string of the molecule is CCCCNc1ccccc1-c1ccccc1C. The molecule has 0 heterocycles. The van der Waals surface area contributed by atoms with Crippen LogP contribution in [0, 0.1) is 6.92 Å². The van der Waals surface area contributed by atoms with Crippen molar-refractivity contribution in [1.82, 2.24) is 0 Å². The van der Waals surface area contributed by atoms with Crippen molar-refractivity contribution in [3.8, 4) is 11.1 Å². The van der Waals surface area contributed by atoms with Crippen LogP contribution >= 0.6 is 0 Å². The minimum absolute atomic E-state index is 1.04. The number of benzene rings is 2. The first-order chi connectivity index (χ1) is 8.83. The van der Waals surface area contributed by atoms with Gasteiger partial charge < -0.3 is 5.32 Å². The highest BCUT2D eigenvalue weighted by Gasteiger charge is 2.05. The van der Waals surface area contributed by atoms with Gasteiger partial charge in [0.25, 0.3) is 0 Å². The minimum atomic E-state index is 1.04. The van der Waals surface area contributed by atoms with Crippen LogP contribution in [-0.4, -0.2) is 6.54 Å². The van der Waals surface area contributed by atoms with E-state index < -0.39 is 0 Å². The standard InChI is InChI=1S/C17H21N/c1-3-4-13-18-17-12-8-7-11-16(17)15-10-6-5-9-14(15)2/h5-12,18H,3-4,13H2,1-2H3. The van der Waals surface area contributed by atoms with Crippen LogP contribution in [0.1, 0.15) is 25.3 Å². The van der Waals surface area contributed by atoms with E-state index in [0.717, 1.165) is 6.54 Å². The van der Waals surface area contributed by atoms with Gasteiger partial charge >= 0.3 is 0 Å². The summed E-state index contributed by atoms with van der Waals surface area (Å²) in [5.41, 5.74) is 5.17. The van der Waals surface area contributed by atoms with Crippen LogP contribution in [0.2, 0.25) is 0 Å². The molecule has 2 aromatic carbocycles. The van der Waals surface area contributed by atoms with E-state index in [9.17, 15) is 0 Å². The molecule has 1 nitrogen and oxygen atoms in total. The van der Waals surface area contributed by atoms with Gasteiger partial charge in [0, 0.05) is 17.8 Å². The number of hydrogen-bond acceptors (Lipinski definition) is 1. The van der Waals surface area contributed by atoms with E-state index >= 15 is 0 Å². The topological polar surface area (TPSA) is 12.0 Å². The molecule has 0 saturated carbocycles. The van der Waals surface area contributed by atoms with E-state index in [-0.39, 0.29) is 0 Å². The van der Waals surface area contributed by atoms with E-state index in [2.05, 4.69) is 67.7 Å². The normalized spacial score (nSPS) is 10.3. The average Bonchev–Trinajstić information content (AvgIpc) is 2.40. The first-order valence-corrected chi connectivity index (χ1v) is 6.72. The third kappa shape index (κ3) is 2.92.